The first-order valence-electron chi connectivity index (χ1n) is 14.3. The number of hydrogen-bond acceptors (Lipinski definition) is 2. The molecule has 0 spiro atoms. The van der Waals surface area contributed by atoms with E-state index in [4.69, 9.17) is 16.0 Å². The van der Waals surface area contributed by atoms with Crippen molar-refractivity contribution in [2.24, 2.45) is 0 Å². The van der Waals surface area contributed by atoms with E-state index in [-0.39, 0.29) is 5.41 Å². The first-order valence-corrected chi connectivity index (χ1v) is 14.7. The fraction of sp³-hybridized carbons (Fsp3) is 0.0769. The van der Waals surface area contributed by atoms with Crippen molar-refractivity contribution in [3.8, 4) is 22.3 Å². The molecule has 7 aromatic rings. The van der Waals surface area contributed by atoms with Crippen LogP contribution in [0.1, 0.15) is 25.0 Å². The van der Waals surface area contributed by atoms with E-state index in [9.17, 15) is 0 Å². The number of rotatable bonds is 4. The Kier molecular flexibility index (Phi) is 5.57. The molecule has 0 radical (unpaired) electrons. The van der Waals surface area contributed by atoms with Gasteiger partial charge in [-0.1, -0.05) is 110 Å². The second-order valence-electron chi connectivity index (χ2n) is 11.5. The highest BCUT2D eigenvalue weighted by molar-refractivity contribution is 6.36. The van der Waals surface area contributed by atoms with Gasteiger partial charge in [-0.15, -0.1) is 0 Å². The van der Waals surface area contributed by atoms with E-state index in [1.807, 2.05) is 24.3 Å². The average molecular weight is 562 g/mol. The molecule has 3 heteroatoms. The van der Waals surface area contributed by atoms with Crippen LogP contribution >= 0.6 is 11.6 Å². The second kappa shape index (κ2) is 9.37. The summed E-state index contributed by atoms with van der Waals surface area (Å²) < 4.78 is 6.16. The first-order chi connectivity index (χ1) is 20.5. The van der Waals surface area contributed by atoms with Gasteiger partial charge in [0.25, 0.3) is 0 Å². The van der Waals surface area contributed by atoms with Crippen LogP contribution < -0.4 is 4.90 Å². The van der Waals surface area contributed by atoms with Gasteiger partial charge in [0, 0.05) is 33.2 Å². The molecule has 2 nitrogen and oxygen atoms in total. The highest BCUT2D eigenvalue weighted by Gasteiger charge is 2.35. The van der Waals surface area contributed by atoms with Crippen LogP contribution in [0.15, 0.2) is 138 Å². The van der Waals surface area contributed by atoms with Gasteiger partial charge in [-0.25, -0.2) is 0 Å². The fourth-order valence-electron chi connectivity index (χ4n) is 6.68. The zero-order valence-electron chi connectivity index (χ0n) is 23.4. The lowest BCUT2D eigenvalue weighted by atomic mass is 9.82. The minimum atomic E-state index is -0.0680. The fourth-order valence-corrected chi connectivity index (χ4v) is 6.88. The molecule has 1 heterocycles. The summed E-state index contributed by atoms with van der Waals surface area (Å²) in [6, 6.07) is 47.2. The van der Waals surface area contributed by atoms with Gasteiger partial charge in [0.1, 0.15) is 5.58 Å². The Bertz CT molecular complexity index is 2120. The zero-order chi connectivity index (χ0) is 28.4. The molecule has 0 atom stereocenters. The molecule has 1 aliphatic carbocycles. The number of benzene rings is 6. The molecule has 0 saturated heterocycles. The summed E-state index contributed by atoms with van der Waals surface area (Å²) in [4.78, 5) is 2.34. The number of anilines is 3. The van der Waals surface area contributed by atoms with Crippen LogP contribution in [-0.4, -0.2) is 0 Å². The SMILES string of the molecule is CC1(C)c2ccccc2-c2ccc(N(c3ccccc3)c3ccc(-c4ccc(Cl)c5oc6ccccc6c45)cc3)cc21. The summed E-state index contributed by atoms with van der Waals surface area (Å²) in [7, 11) is 0. The molecule has 0 amide bonds. The van der Waals surface area contributed by atoms with E-state index >= 15 is 0 Å². The lowest BCUT2D eigenvalue weighted by molar-refractivity contribution is 0.660. The maximum atomic E-state index is 6.58. The van der Waals surface area contributed by atoms with Crippen molar-refractivity contribution in [1.29, 1.82) is 0 Å². The third-order valence-electron chi connectivity index (χ3n) is 8.75. The lowest BCUT2D eigenvalue weighted by Gasteiger charge is -2.28. The van der Waals surface area contributed by atoms with Crippen molar-refractivity contribution in [2.45, 2.75) is 19.3 Å². The smallest absolute Gasteiger partial charge is 0.154 e. The molecule has 202 valence electrons. The van der Waals surface area contributed by atoms with Crippen LogP contribution in [0.2, 0.25) is 5.02 Å². The van der Waals surface area contributed by atoms with Gasteiger partial charge in [-0.3, -0.25) is 0 Å². The Hall–Kier alpha value is -4.79. The Balaban J connectivity index is 1.26. The number of halogens is 1. The first kappa shape index (κ1) is 25.0. The highest BCUT2D eigenvalue weighted by Crippen LogP contribution is 2.50. The molecular weight excluding hydrogens is 534 g/mol. The predicted molar refractivity (Wildman–Crippen MR) is 176 cm³/mol. The van der Waals surface area contributed by atoms with Crippen molar-refractivity contribution >= 4 is 50.6 Å². The van der Waals surface area contributed by atoms with Gasteiger partial charge >= 0.3 is 0 Å². The molecule has 0 aliphatic heterocycles. The molecule has 0 unspecified atom stereocenters. The van der Waals surface area contributed by atoms with Crippen LogP contribution in [0.5, 0.6) is 0 Å². The van der Waals surface area contributed by atoms with E-state index in [0.29, 0.717) is 5.02 Å². The Morgan fingerprint density at radius 2 is 1.21 bits per heavy atom. The summed E-state index contributed by atoms with van der Waals surface area (Å²) in [6.07, 6.45) is 0. The Morgan fingerprint density at radius 1 is 0.571 bits per heavy atom. The summed E-state index contributed by atoms with van der Waals surface area (Å²) in [6.45, 7) is 4.66. The van der Waals surface area contributed by atoms with E-state index in [0.717, 1.165) is 50.1 Å². The number of fused-ring (bicyclic) bond motifs is 6. The Labute approximate surface area is 250 Å². The van der Waals surface area contributed by atoms with E-state index in [2.05, 4.69) is 128 Å². The minimum absolute atomic E-state index is 0.0680. The topological polar surface area (TPSA) is 16.4 Å². The van der Waals surface area contributed by atoms with Crippen molar-refractivity contribution in [2.75, 3.05) is 4.90 Å². The van der Waals surface area contributed by atoms with Gasteiger partial charge in [-0.2, -0.15) is 0 Å². The van der Waals surface area contributed by atoms with Gasteiger partial charge in [0.05, 0.1) is 5.02 Å². The molecule has 42 heavy (non-hydrogen) atoms. The van der Waals surface area contributed by atoms with Gasteiger partial charge < -0.3 is 9.32 Å². The van der Waals surface area contributed by atoms with Crippen molar-refractivity contribution in [3.63, 3.8) is 0 Å². The summed E-state index contributed by atoms with van der Waals surface area (Å²) in [5.41, 5.74) is 12.5. The predicted octanol–water partition coefficient (Wildman–Crippen LogP) is 11.7. The lowest BCUT2D eigenvalue weighted by Crippen LogP contribution is -2.16. The van der Waals surface area contributed by atoms with Crippen molar-refractivity contribution < 1.29 is 4.42 Å². The zero-order valence-corrected chi connectivity index (χ0v) is 24.2. The third-order valence-corrected chi connectivity index (χ3v) is 9.05. The normalized spacial score (nSPS) is 13.3. The molecule has 0 saturated carbocycles. The van der Waals surface area contributed by atoms with E-state index < -0.39 is 0 Å². The number of furan rings is 1. The second-order valence-corrected chi connectivity index (χ2v) is 11.9. The molecule has 0 N–H and O–H groups in total. The largest absolute Gasteiger partial charge is 0.454 e. The summed E-state index contributed by atoms with van der Waals surface area (Å²) in [5.74, 6) is 0. The van der Waals surface area contributed by atoms with Gasteiger partial charge in [-0.05, 0) is 81.9 Å². The van der Waals surface area contributed by atoms with E-state index in [1.54, 1.807) is 0 Å². The van der Waals surface area contributed by atoms with Crippen LogP contribution in [-0.2, 0) is 5.41 Å². The maximum Gasteiger partial charge on any atom is 0.154 e. The number of para-hydroxylation sites is 2. The number of nitrogens with zero attached hydrogens (tertiary/aromatic N) is 1. The summed E-state index contributed by atoms with van der Waals surface area (Å²) in [5, 5.41) is 2.74. The van der Waals surface area contributed by atoms with Crippen LogP contribution in [0.3, 0.4) is 0 Å². The molecule has 1 aromatic heterocycles. The minimum Gasteiger partial charge on any atom is -0.454 e. The molecule has 8 rings (SSSR count). The Morgan fingerprint density at radius 3 is 2.05 bits per heavy atom. The molecule has 6 aromatic carbocycles. The number of hydrogen-bond donors (Lipinski definition) is 0. The van der Waals surface area contributed by atoms with Crippen LogP contribution in [0, 0.1) is 0 Å². The molecule has 0 fully saturated rings. The summed E-state index contributed by atoms with van der Waals surface area (Å²) >= 11 is 6.58. The van der Waals surface area contributed by atoms with Gasteiger partial charge in [0.15, 0.2) is 5.58 Å². The van der Waals surface area contributed by atoms with Crippen LogP contribution in [0.25, 0.3) is 44.2 Å². The van der Waals surface area contributed by atoms with Crippen LogP contribution in [0.4, 0.5) is 17.1 Å². The average Bonchev–Trinajstić information content (AvgIpc) is 3.53. The molecular formula is C39H28ClNO. The monoisotopic (exact) mass is 561 g/mol. The highest BCUT2D eigenvalue weighted by atomic mass is 35.5. The van der Waals surface area contributed by atoms with Crippen molar-refractivity contribution in [1.82, 2.24) is 0 Å². The third kappa shape index (κ3) is 3.72. The standard InChI is InChI=1S/C39H28ClNO/c1-39(2)33-14-8-6-12-30(33)31-21-20-28(24-34(31)39)41(26-10-4-3-5-11-26)27-18-16-25(17-19-27)29-22-23-35(40)38-37(29)32-13-7-9-15-36(32)42-38/h3-24H,1-2H3. The van der Waals surface area contributed by atoms with Crippen molar-refractivity contribution in [3.05, 3.63) is 150 Å². The quantitative estimate of drug-likeness (QED) is 0.212. The van der Waals surface area contributed by atoms with E-state index in [1.165, 1.54) is 22.3 Å². The maximum absolute atomic E-state index is 6.58. The molecule has 1 aliphatic rings. The van der Waals surface area contributed by atoms with Gasteiger partial charge in [0.2, 0.25) is 0 Å². The molecule has 0 bridgehead atoms.